The van der Waals surface area contributed by atoms with Crippen molar-refractivity contribution in [2.24, 2.45) is 0 Å². The zero-order valence-electron chi connectivity index (χ0n) is 22.3. The third-order valence-electron chi connectivity index (χ3n) is 6.98. The van der Waals surface area contributed by atoms with E-state index in [2.05, 4.69) is 5.32 Å². The highest BCUT2D eigenvalue weighted by molar-refractivity contribution is 6.03. The van der Waals surface area contributed by atoms with E-state index in [1.165, 1.54) is 18.2 Å². The molecule has 1 aliphatic heterocycles. The van der Waals surface area contributed by atoms with Crippen LogP contribution in [0.15, 0.2) is 90.2 Å². The minimum Gasteiger partial charge on any atom is -0.478 e. The highest BCUT2D eigenvalue weighted by Crippen LogP contribution is 2.44. The van der Waals surface area contributed by atoms with Crippen LogP contribution in [0.1, 0.15) is 53.3 Å². The van der Waals surface area contributed by atoms with Gasteiger partial charge in [0.25, 0.3) is 5.91 Å². The second-order valence-corrected chi connectivity index (χ2v) is 9.98. The molecule has 1 heterocycles. The van der Waals surface area contributed by atoms with E-state index < -0.39 is 17.8 Å². The maximum absolute atomic E-state index is 13.0. The Bertz CT molecular complexity index is 1630. The number of hydrogen-bond donors (Lipinski definition) is 3. The molecule has 0 saturated heterocycles. The lowest BCUT2D eigenvalue weighted by molar-refractivity contribution is 0.0685. The molecule has 1 unspecified atom stereocenters. The average molecular weight is 537 g/mol. The van der Waals surface area contributed by atoms with Gasteiger partial charge in [0.15, 0.2) is 0 Å². The molecule has 1 amide bonds. The van der Waals surface area contributed by atoms with Crippen molar-refractivity contribution in [3.05, 3.63) is 129 Å². The molecule has 3 N–H and O–H groups in total. The maximum atomic E-state index is 13.0. The molecule has 8 nitrogen and oxygen atoms in total. The molecule has 2 aliphatic rings. The zero-order chi connectivity index (χ0) is 28.6. The zero-order valence-corrected chi connectivity index (χ0v) is 22.3. The summed E-state index contributed by atoms with van der Waals surface area (Å²) in [6.45, 7) is 2.13. The largest absolute Gasteiger partial charge is 0.478 e. The van der Waals surface area contributed by atoms with Gasteiger partial charge in [-0.2, -0.15) is 0 Å². The maximum Gasteiger partial charge on any atom is 0.336 e. The molecule has 1 aliphatic carbocycles. The van der Waals surface area contributed by atoms with Crippen LogP contribution in [0.5, 0.6) is 5.75 Å². The van der Waals surface area contributed by atoms with Gasteiger partial charge >= 0.3 is 11.9 Å². The smallest absolute Gasteiger partial charge is 0.336 e. The normalized spacial score (nSPS) is 15.6. The predicted molar refractivity (Wildman–Crippen MR) is 150 cm³/mol. The number of allylic oxidation sites excluding steroid dienone is 1. The molecule has 1 atom stereocenters. The predicted octanol–water partition coefficient (Wildman–Crippen LogP) is 4.90. The van der Waals surface area contributed by atoms with Gasteiger partial charge in [-0.25, -0.2) is 9.59 Å². The number of carbonyl (C=O) groups is 3. The molecule has 40 heavy (non-hydrogen) atoms. The van der Waals surface area contributed by atoms with Gasteiger partial charge in [-0.1, -0.05) is 42.5 Å². The highest BCUT2D eigenvalue weighted by atomic mass is 16.5. The fourth-order valence-electron chi connectivity index (χ4n) is 4.80. The molecule has 3 aromatic carbocycles. The number of rotatable bonds is 7. The Morgan fingerprint density at radius 2 is 1.60 bits per heavy atom. The average Bonchev–Trinajstić information content (AvgIpc) is 2.94. The molecule has 8 heteroatoms. The molecule has 0 radical (unpaired) electrons. The van der Waals surface area contributed by atoms with E-state index in [1.54, 1.807) is 24.3 Å². The van der Waals surface area contributed by atoms with Gasteiger partial charge in [0, 0.05) is 34.9 Å². The minimum atomic E-state index is -1.15. The number of carbonyl (C=O) groups excluding carboxylic acids is 1. The quantitative estimate of drug-likeness (QED) is 0.393. The number of likely N-dealkylation sites (N-methyl/N-ethyl adjacent to an activating group) is 1. The number of carboxylic acid groups (broad SMARTS) is 2. The van der Waals surface area contributed by atoms with Crippen LogP contribution in [-0.4, -0.2) is 53.1 Å². The summed E-state index contributed by atoms with van der Waals surface area (Å²) in [6, 6.07) is 16.7. The lowest BCUT2D eigenvalue weighted by atomic mass is 9.84. The number of nitrogens with one attached hydrogen (secondary N) is 1. The van der Waals surface area contributed by atoms with Crippen molar-refractivity contribution in [3.8, 4) is 5.75 Å². The fraction of sp³-hybridized carbons (Fsp3) is 0.156. The molecule has 0 aromatic heterocycles. The summed E-state index contributed by atoms with van der Waals surface area (Å²) in [7, 11) is 3.94. The van der Waals surface area contributed by atoms with E-state index in [9.17, 15) is 19.5 Å². The van der Waals surface area contributed by atoms with E-state index in [4.69, 9.17) is 9.84 Å². The van der Waals surface area contributed by atoms with Gasteiger partial charge in [-0.3, -0.25) is 9.69 Å². The van der Waals surface area contributed by atoms with Crippen LogP contribution in [0, 0.1) is 6.92 Å². The summed E-state index contributed by atoms with van der Waals surface area (Å²) >= 11 is 0. The summed E-state index contributed by atoms with van der Waals surface area (Å²) < 4.78 is 6.29. The number of fused-ring (bicyclic) bond motifs is 2. The van der Waals surface area contributed by atoms with E-state index in [0.717, 1.165) is 22.3 Å². The van der Waals surface area contributed by atoms with E-state index in [1.807, 2.05) is 62.3 Å². The van der Waals surface area contributed by atoms with Crippen LogP contribution >= 0.6 is 0 Å². The lowest BCUT2D eigenvalue weighted by Gasteiger charge is -2.30. The number of ether oxygens (including phenoxy) is 1. The standard InChI is InChI=1S/C32H28N2O6/c1-18-4-11-24-27(14-18)40-28-16-22(34(2)3)10-13-25(28)29(24)23-12-9-21(15-26(23)32(38)39)30(35)33-17-19-5-7-20(8-6-19)31(36)37/h4-16,22H,17H2,1-3H3,(H,33,35)(H,36,37)(H,38,39). The summed E-state index contributed by atoms with van der Waals surface area (Å²) in [4.78, 5) is 38.6. The first-order chi connectivity index (χ1) is 19.1. The van der Waals surface area contributed by atoms with Crippen molar-refractivity contribution in [2.75, 3.05) is 14.1 Å². The van der Waals surface area contributed by atoms with Crippen molar-refractivity contribution >= 4 is 23.4 Å². The van der Waals surface area contributed by atoms with E-state index >= 15 is 0 Å². The summed E-state index contributed by atoms with van der Waals surface area (Å²) in [5.74, 6) is -1.33. The van der Waals surface area contributed by atoms with Crippen molar-refractivity contribution in [2.45, 2.75) is 19.5 Å². The number of carboxylic acids is 2. The molecule has 0 bridgehead atoms. The number of amides is 1. The van der Waals surface area contributed by atoms with Crippen LogP contribution in [0.3, 0.4) is 0 Å². The van der Waals surface area contributed by atoms with Gasteiger partial charge in [0.2, 0.25) is 0 Å². The molecule has 0 spiro atoms. The number of aryl methyl sites for hydroxylation is 1. The topological polar surface area (TPSA) is 116 Å². The third-order valence-corrected chi connectivity index (χ3v) is 6.98. The van der Waals surface area contributed by atoms with Crippen LogP contribution in [0.2, 0.25) is 0 Å². The van der Waals surface area contributed by atoms with Gasteiger partial charge in [-0.05, 0) is 74.1 Å². The summed E-state index contributed by atoms with van der Waals surface area (Å²) in [6.07, 6.45) is 6.00. The Hall–Kier alpha value is -4.95. The number of aromatic carboxylic acids is 2. The Balaban J connectivity index is 1.52. The second kappa shape index (κ2) is 10.7. The SMILES string of the molecule is Cc1ccc2c(c1)OC1=CC(N(C)C)C=CC1=C2c1ccc(C(=O)NCc2ccc(C(=O)O)cc2)cc1C(=O)O. The first-order valence-electron chi connectivity index (χ1n) is 12.7. The van der Waals surface area contributed by atoms with Gasteiger partial charge < -0.3 is 20.3 Å². The Kier molecular flexibility index (Phi) is 7.11. The molecule has 0 saturated carbocycles. The van der Waals surface area contributed by atoms with Crippen LogP contribution in [-0.2, 0) is 6.54 Å². The monoisotopic (exact) mass is 536 g/mol. The second-order valence-electron chi connectivity index (χ2n) is 9.98. The van der Waals surface area contributed by atoms with Crippen molar-refractivity contribution in [3.63, 3.8) is 0 Å². The summed E-state index contributed by atoms with van der Waals surface area (Å²) in [5, 5.41) is 22.0. The molecule has 202 valence electrons. The molecular formula is C32H28N2O6. The number of hydrogen-bond acceptors (Lipinski definition) is 5. The van der Waals surface area contributed by atoms with Gasteiger partial charge in [0.1, 0.15) is 11.5 Å². The molecule has 0 fully saturated rings. The number of benzene rings is 3. The van der Waals surface area contributed by atoms with Crippen LogP contribution < -0.4 is 10.1 Å². The first kappa shape index (κ1) is 26.6. The third kappa shape index (κ3) is 5.17. The number of nitrogens with zero attached hydrogens (tertiary/aromatic N) is 1. The van der Waals surface area contributed by atoms with Crippen LogP contribution in [0.4, 0.5) is 0 Å². The molecule has 3 aromatic rings. The van der Waals surface area contributed by atoms with Crippen molar-refractivity contribution < 1.29 is 29.3 Å². The minimum absolute atomic E-state index is 0.00290. The van der Waals surface area contributed by atoms with E-state index in [0.29, 0.717) is 22.6 Å². The Morgan fingerprint density at radius 1 is 0.900 bits per heavy atom. The molecule has 5 rings (SSSR count). The van der Waals surface area contributed by atoms with Gasteiger partial charge in [0.05, 0.1) is 11.1 Å². The van der Waals surface area contributed by atoms with Gasteiger partial charge in [-0.15, -0.1) is 0 Å². The van der Waals surface area contributed by atoms with Crippen molar-refractivity contribution in [1.29, 1.82) is 0 Å². The lowest BCUT2D eigenvalue weighted by Crippen LogP contribution is -2.27. The Labute approximate surface area is 231 Å². The highest BCUT2D eigenvalue weighted by Gasteiger charge is 2.30. The fourth-order valence-corrected chi connectivity index (χ4v) is 4.80. The molecular weight excluding hydrogens is 508 g/mol. The Morgan fingerprint density at radius 3 is 2.27 bits per heavy atom. The van der Waals surface area contributed by atoms with Crippen LogP contribution in [0.25, 0.3) is 5.57 Å². The van der Waals surface area contributed by atoms with E-state index in [-0.39, 0.29) is 29.3 Å². The summed E-state index contributed by atoms with van der Waals surface area (Å²) in [5.41, 5.74) is 4.84. The van der Waals surface area contributed by atoms with Crippen molar-refractivity contribution in [1.82, 2.24) is 10.2 Å². The first-order valence-corrected chi connectivity index (χ1v) is 12.7.